The third-order valence-electron chi connectivity index (χ3n) is 4.78. The molecule has 2 aromatic rings. The Labute approximate surface area is 158 Å². The Hall–Kier alpha value is -3.15. The van der Waals surface area contributed by atoms with E-state index in [0.29, 0.717) is 23.4 Å². The van der Waals surface area contributed by atoms with Crippen molar-refractivity contribution < 1.29 is 9.26 Å². The normalized spacial score (nSPS) is 20.5. The summed E-state index contributed by atoms with van der Waals surface area (Å²) < 4.78 is 11.3. The van der Waals surface area contributed by atoms with Crippen molar-refractivity contribution in [3.8, 4) is 11.6 Å². The summed E-state index contributed by atoms with van der Waals surface area (Å²) in [6.07, 6.45) is 8.22. The Bertz CT molecular complexity index is 905. The highest BCUT2D eigenvalue weighted by molar-refractivity contribution is 6.31. The van der Waals surface area contributed by atoms with Gasteiger partial charge in [0.1, 0.15) is 11.5 Å². The highest BCUT2D eigenvalue weighted by Gasteiger charge is 2.36. The van der Waals surface area contributed by atoms with Crippen molar-refractivity contribution in [1.82, 2.24) is 10.2 Å². The fourth-order valence-corrected chi connectivity index (χ4v) is 3.53. The first-order valence-corrected chi connectivity index (χ1v) is 9.23. The molecule has 0 N–H and O–H groups in total. The highest BCUT2D eigenvalue weighted by atomic mass is 16.5. The minimum atomic E-state index is 0.360. The molecule has 1 saturated carbocycles. The lowest BCUT2D eigenvalue weighted by Gasteiger charge is -2.22. The second kappa shape index (κ2) is 7.61. The Kier molecular flexibility index (Phi) is 4.87. The number of hydrazone groups is 1. The number of aromatic nitrogens is 1. The van der Waals surface area contributed by atoms with E-state index in [4.69, 9.17) is 14.4 Å². The summed E-state index contributed by atoms with van der Waals surface area (Å²) in [6.45, 7) is 5.73. The zero-order chi connectivity index (χ0) is 18.6. The zero-order valence-corrected chi connectivity index (χ0v) is 15.3. The molecule has 0 unspecified atom stereocenters. The maximum absolute atomic E-state index is 5.75. The Morgan fingerprint density at radius 1 is 1.26 bits per heavy atom. The third kappa shape index (κ3) is 3.43. The molecular formula is C21H22N4O2. The van der Waals surface area contributed by atoms with Crippen molar-refractivity contribution in [2.45, 2.75) is 38.6 Å². The van der Waals surface area contributed by atoms with Crippen LogP contribution in [0.1, 0.15) is 38.4 Å². The Morgan fingerprint density at radius 2 is 2.04 bits per heavy atom. The summed E-state index contributed by atoms with van der Waals surface area (Å²) in [6, 6.07) is 11.6. The second-order valence-corrected chi connectivity index (χ2v) is 6.51. The number of para-hydroxylation sites is 1. The van der Waals surface area contributed by atoms with Crippen LogP contribution in [0.2, 0.25) is 0 Å². The minimum absolute atomic E-state index is 0.360. The second-order valence-electron chi connectivity index (χ2n) is 6.51. The number of rotatable bonds is 5. The molecule has 4 rings (SSSR count). The summed E-state index contributed by atoms with van der Waals surface area (Å²) in [5.41, 5.74) is 1.64. The van der Waals surface area contributed by atoms with Crippen LogP contribution in [0.4, 0.5) is 0 Å². The fourth-order valence-electron chi connectivity index (χ4n) is 3.53. The van der Waals surface area contributed by atoms with Gasteiger partial charge >= 0.3 is 0 Å². The minimum Gasteiger partial charge on any atom is -0.436 e. The molecule has 0 saturated heterocycles. The van der Waals surface area contributed by atoms with Gasteiger partial charge in [-0.05, 0) is 37.1 Å². The smallest absolute Gasteiger partial charge is 0.260 e. The van der Waals surface area contributed by atoms with Crippen LogP contribution in [0, 0.1) is 0 Å². The highest BCUT2D eigenvalue weighted by Crippen LogP contribution is 2.32. The van der Waals surface area contributed by atoms with Gasteiger partial charge in [0.05, 0.1) is 12.1 Å². The number of benzene rings is 1. The molecular weight excluding hydrogens is 340 g/mol. The molecule has 1 aliphatic carbocycles. The van der Waals surface area contributed by atoms with Gasteiger partial charge < -0.3 is 9.26 Å². The molecule has 0 spiro atoms. The maximum atomic E-state index is 5.75. The summed E-state index contributed by atoms with van der Waals surface area (Å²) in [5, 5.41) is 10.9. The van der Waals surface area contributed by atoms with Gasteiger partial charge in [-0.15, -0.1) is 0 Å². The van der Waals surface area contributed by atoms with E-state index in [1.807, 2.05) is 48.3 Å². The van der Waals surface area contributed by atoms with Crippen LogP contribution >= 0.6 is 0 Å². The van der Waals surface area contributed by atoms with Crippen LogP contribution < -0.4 is 4.74 Å². The van der Waals surface area contributed by atoms with Gasteiger partial charge in [-0.3, -0.25) is 0 Å². The van der Waals surface area contributed by atoms with E-state index in [9.17, 15) is 0 Å². The van der Waals surface area contributed by atoms with Crippen LogP contribution in [-0.4, -0.2) is 27.8 Å². The molecule has 6 nitrogen and oxygen atoms in total. The number of aliphatic imine (C=N–C) groups is 1. The molecule has 2 heterocycles. The van der Waals surface area contributed by atoms with Crippen LogP contribution in [0.25, 0.3) is 0 Å². The zero-order valence-electron chi connectivity index (χ0n) is 15.3. The monoisotopic (exact) mass is 362 g/mol. The van der Waals surface area contributed by atoms with Crippen LogP contribution in [0.3, 0.4) is 0 Å². The summed E-state index contributed by atoms with van der Waals surface area (Å²) >= 11 is 0. The standard InChI is InChI=1S/C21H22N4O2/c1-3-17-20(23-25(21(17)22-4-2)15-10-8-9-11-15)18-14-19(24-27-18)26-16-12-6-5-7-13-16/h3-7,12-15H,2,8-11H2,1H3/b17-3-,22-21?. The molecule has 1 aromatic carbocycles. The van der Waals surface area contributed by atoms with Gasteiger partial charge in [-0.2, -0.15) is 5.10 Å². The summed E-state index contributed by atoms with van der Waals surface area (Å²) in [7, 11) is 0. The first-order chi connectivity index (χ1) is 13.3. The molecule has 1 aromatic heterocycles. The van der Waals surface area contributed by atoms with Gasteiger partial charge in [0.25, 0.3) is 5.88 Å². The number of allylic oxidation sites excluding steroid dienone is 1. The van der Waals surface area contributed by atoms with Crippen LogP contribution in [0.5, 0.6) is 11.6 Å². The van der Waals surface area contributed by atoms with Gasteiger partial charge in [0.2, 0.25) is 0 Å². The van der Waals surface area contributed by atoms with Crippen molar-refractivity contribution in [2.75, 3.05) is 0 Å². The van der Waals surface area contributed by atoms with Gasteiger partial charge in [0.15, 0.2) is 11.6 Å². The average molecular weight is 362 g/mol. The van der Waals surface area contributed by atoms with E-state index in [-0.39, 0.29) is 0 Å². The molecule has 27 heavy (non-hydrogen) atoms. The maximum Gasteiger partial charge on any atom is 0.260 e. The molecule has 1 fully saturated rings. The van der Waals surface area contributed by atoms with E-state index in [1.165, 1.54) is 12.8 Å². The van der Waals surface area contributed by atoms with Crippen molar-refractivity contribution >= 4 is 11.5 Å². The number of nitrogens with zero attached hydrogens (tertiary/aromatic N) is 4. The van der Waals surface area contributed by atoms with E-state index in [0.717, 1.165) is 30.0 Å². The van der Waals surface area contributed by atoms with E-state index in [2.05, 4.69) is 16.7 Å². The first kappa shape index (κ1) is 17.3. The van der Waals surface area contributed by atoms with Gasteiger partial charge in [-0.1, -0.05) is 43.7 Å². The molecule has 1 aliphatic heterocycles. The number of hydrogen-bond donors (Lipinski definition) is 0. The number of amidine groups is 1. The third-order valence-corrected chi connectivity index (χ3v) is 4.78. The van der Waals surface area contributed by atoms with Crippen LogP contribution in [0.15, 0.2) is 75.4 Å². The lowest BCUT2D eigenvalue weighted by Crippen LogP contribution is -2.31. The van der Waals surface area contributed by atoms with E-state index in [1.54, 1.807) is 12.3 Å². The average Bonchev–Trinajstić information content (AvgIpc) is 3.42. The Morgan fingerprint density at radius 3 is 2.74 bits per heavy atom. The van der Waals surface area contributed by atoms with Gasteiger partial charge in [-0.25, -0.2) is 10.0 Å². The summed E-state index contributed by atoms with van der Waals surface area (Å²) in [5.74, 6) is 2.48. The fraction of sp³-hybridized carbons (Fsp3) is 0.286. The van der Waals surface area contributed by atoms with Crippen molar-refractivity contribution in [1.29, 1.82) is 0 Å². The first-order valence-electron chi connectivity index (χ1n) is 9.23. The van der Waals surface area contributed by atoms with Crippen molar-refractivity contribution in [2.24, 2.45) is 10.1 Å². The SMILES string of the molecule is C=CN=C1/C(=C\C)C(c2cc(Oc3ccccc3)no2)=NN1C1CCCC1. The van der Waals surface area contributed by atoms with Gasteiger partial charge in [0, 0.05) is 11.8 Å². The lowest BCUT2D eigenvalue weighted by atomic mass is 10.1. The number of hydrogen-bond acceptors (Lipinski definition) is 5. The quantitative estimate of drug-likeness (QED) is 0.757. The molecule has 0 atom stereocenters. The molecule has 0 bridgehead atoms. The molecule has 2 aliphatic rings. The summed E-state index contributed by atoms with van der Waals surface area (Å²) in [4.78, 5) is 4.48. The molecule has 0 amide bonds. The Balaban J connectivity index is 1.64. The largest absolute Gasteiger partial charge is 0.436 e. The van der Waals surface area contributed by atoms with E-state index >= 15 is 0 Å². The van der Waals surface area contributed by atoms with Crippen molar-refractivity contribution in [3.05, 3.63) is 66.6 Å². The molecule has 6 heteroatoms. The predicted molar refractivity (Wildman–Crippen MR) is 105 cm³/mol. The molecule has 0 radical (unpaired) electrons. The topological polar surface area (TPSA) is 63.2 Å². The number of ether oxygens (including phenoxy) is 1. The van der Waals surface area contributed by atoms with E-state index < -0.39 is 0 Å². The predicted octanol–water partition coefficient (Wildman–Crippen LogP) is 4.92. The molecule has 138 valence electrons. The van der Waals surface area contributed by atoms with Crippen LogP contribution in [-0.2, 0) is 0 Å². The van der Waals surface area contributed by atoms with Crippen molar-refractivity contribution in [3.63, 3.8) is 0 Å². The lowest BCUT2D eigenvalue weighted by molar-refractivity contribution is 0.335.